The third-order valence-electron chi connectivity index (χ3n) is 9.63. The highest BCUT2D eigenvalue weighted by atomic mass is 16.6. The fourth-order valence-corrected chi connectivity index (χ4v) is 7.46. The Morgan fingerprint density at radius 3 is 2.51 bits per heavy atom. The number of hydrogen-bond acceptors (Lipinski definition) is 6. The lowest BCUT2D eigenvalue weighted by Gasteiger charge is -2.41. The summed E-state index contributed by atoms with van der Waals surface area (Å²) in [5.41, 5.74) is 0.495. The first-order chi connectivity index (χ1) is 19.5. The Bertz CT molecular complexity index is 1180. The molecule has 2 unspecified atom stereocenters. The number of amides is 2. The van der Waals surface area contributed by atoms with Gasteiger partial charge in [-0.2, -0.15) is 0 Å². The smallest absolute Gasteiger partial charge is 0.312 e. The van der Waals surface area contributed by atoms with Gasteiger partial charge in [-0.1, -0.05) is 50.6 Å². The normalized spacial score (nSPS) is 29.7. The zero-order chi connectivity index (χ0) is 30.1. The lowest BCUT2D eigenvalue weighted by Crippen LogP contribution is -2.60. The first-order valence-electron chi connectivity index (χ1n) is 14.9. The molecule has 7 atom stereocenters. The summed E-state index contributed by atoms with van der Waals surface area (Å²) in [4.78, 5) is 46.2. The third-order valence-corrected chi connectivity index (χ3v) is 9.63. The zero-order valence-corrected chi connectivity index (χ0v) is 25.2. The number of rotatable bonds is 13. The number of esters is 1. The quantitative estimate of drug-likeness (QED) is 0.215. The van der Waals surface area contributed by atoms with Crippen molar-refractivity contribution in [2.45, 2.75) is 90.0 Å². The van der Waals surface area contributed by atoms with Crippen LogP contribution in [0.4, 0.5) is 5.69 Å². The molecule has 3 heterocycles. The molecule has 1 N–H and O–H groups in total. The van der Waals surface area contributed by atoms with Gasteiger partial charge in [0, 0.05) is 12.2 Å². The number of carbonyl (C=O) groups is 3. The van der Waals surface area contributed by atoms with Gasteiger partial charge in [0.15, 0.2) is 0 Å². The van der Waals surface area contributed by atoms with Gasteiger partial charge >= 0.3 is 5.97 Å². The van der Waals surface area contributed by atoms with Crippen molar-refractivity contribution in [3.63, 3.8) is 0 Å². The Labute approximate surface area is 244 Å². The second kappa shape index (κ2) is 12.1. The van der Waals surface area contributed by atoms with E-state index >= 15 is 0 Å². The molecule has 3 fully saturated rings. The maximum absolute atomic E-state index is 14.9. The number of para-hydroxylation sites is 1. The molecule has 224 valence electrons. The SMILES string of the molecule is C=CCCCOC(=O)[C@@H]1[C@H]2C(=O)N([C@@H](CO)[C@@H](C)CC)C(C(=O)N(CC=C)c3c(C)cccc3C)C23CC[C@@]1(C)O3. The van der Waals surface area contributed by atoms with Gasteiger partial charge in [0.1, 0.15) is 17.6 Å². The number of benzene rings is 1. The molecule has 0 aromatic heterocycles. The first-order valence-corrected chi connectivity index (χ1v) is 14.9. The number of hydrogen-bond donors (Lipinski definition) is 1. The molecule has 4 rings (SSSR count). The number of aryl methyl sites for hydroxylation is 2. The van der Waals surface area contributed by atoms with E-state index in [1.54, 1.807) is 22.0 Å². The number of anilines is 1. The Kier molecular flexibility index (Phi) is 9.14. The van der Waals surface area contributed by atoms with E-state index < -0.39 is 41.1 Å². The van der Waals surface area contributed by atoms with Crippen LogP contribution in [0.3, 0.4) is 0 Å². The third kappa shape index (κ3) is 5.03. The summed E-state index contributed by atoms with van der Waals surface area (Å²) in [5.74, 6) is -2.87. The predicted molar refractivity (Wildman–Crippen MR) is 158 cm³/mol. The van der Waals surface area contributed by atoms with Crippen LogP contribution in [-0.2, 0) is 23.9 Å². The molecule has 8 nitrogen and oxygen atoms in total. The lowest BCUT2D eigenvalue weighted by molar-refractivity contribution is -0.161. The minimum atomic E-state index is -1.20. The highest BCUT2D eigenvalue weighted by Gasteiger charge is 2.79. The van der Waals surface area contributed by atoms with E-state index in [1.807, 2.05) is 52.8 Å². The van der Waals surface area contributed by atoms with E-state index in [2.05, 4.69) is 13.2 Å². The molecule has 1 aromatic rings. The summed E-state index contributed by atoms with van der Waals surface area (Å²) in [7, 11) is 0. The molecule has 8 heteroatoms. The van der Waals surface area contributed by atoms with Crippen LogP contribution < -0.4 is 4.90 Å². The molecule has 1 spiro atoms. The van der Waals surface area contributed by atoms with Gasteiger partial charge in [-0.25, -0.2) is 0 Å². The number of likely N-dealkylation sites (tertiary alicyclic amines) is 1. The second-order valence-corrected chi connectivity index (χ2v) is 12.2. The highest BCUT2D eigenvalue weighted by molar-refractivity contribution is 6.05. The Morgan fingerprint density at radius 2 is 1.93 bits per heavy atom. The number of nitrogens with zero attached hydrogens (tertiary/aromatic N) is 2. The van der Waals surface area contributed by atoms with E-state index in [9.17, 15) is 19.5 Å². The van der Waals surface area contributed by atoms with Crippen LogP contribution in [0.15, 0.2) is 43.5 Å². The molecule has 1 aromatic carbocycles. The highest BCUT2D eigenvalue weighted by Crippen LogP contribution is 2.64. The topological polar surface area (TPSA) is 96.4 Å². The standard InChI is InChI=1S/C33H46N2O6/c1-8-11-12-19-40-31(39)26-25-29(37)35(24(20-36)21(4)10-3)28(33(25)17-16-32(26,7)41-33)30(38)34(18-9-2)27-22(5)14-13-15-23(27)6/h8-9,13-15,21,24-26,28,36H,1-2,10-12,16-20H2,3-7H3/t21-,24-,25-,26-,28?,32+,33?/m0/s1. The summed E-state index contributed by atoms with van der Waals surface area (Å²) < 4.78 is 12.4. The van der Waals surface area contributed by atoms with E-state index in [0.29, 0.717) is 32.1 Å². The largest absolute Gasteiger partial charge is 0.465 e. The van der Waals surface area contributed by atoms with Crippen molar-refractivity contribution in [2.24, 2.45) is 17.8 Å². The van der Waals surface area contributed by atoms with Gasteiger partial charge in [-0.05, 0) is 63.5 Å². The van der Waals surface area contributed by atoms with Crippen molar-refractivity contribution in [2.75, 3.05) is 24.7 Å². The molecule has 2 amide bonds. The van der Waals surface area contributed by atoms with E-state index in [-0.39, 0.29) is 37.5 Å². The van der Waals surface area contributed by atoms with Crippen LogP contribution >= 0.6 is 0 Å². The van der Waals surface area contributed by atoms with Crippen molar-refractivity contribution < 1.29 is 29.0 Å². The molecule has 3 aliphatic rings. The second-order valence-electron chi connectivity index (χ2n) is 12.2. The summed E-state index contributed by atoms with van der Waals surface area (Å²) in [5, 5.41) is 10.6. The van der Waals surface area contributed by atoms with Crippen LogP contribution in [0.1, 0.15) is 64.0 Å². The van der Waals surface area contributed by atoms with Gasteiger partial charge in [0.05, 0.1) is 30.8 Å². The minimum Gasteiger partial charge on any atom is -0.465 e. The molecular formula is C33H46N2O6. The van der Waals surface area contributed by atoms with Gasteiger partial charge < -0.3 is 24.4 Å². The fourth-order valence-electron chi connectivity index (χ4n) is 7.46. The fraction of sp³-hybridized carbons (Fsp3) is 0.606. The molecular weight excluding hydrogens is 520 g/mol. The van der Waals surface area contributed by atoms with Crippen LogP contribution in [0, 0.1) is 31.6 Å². The Balaban J connectivity index is 1.84. The summed E-state index contributed by atoms with van der Waals surface area (Å²) in [6, 6.07) is 4.24. The van der Waals surface area contributed by atoms with Crippen molar-refractivity contribution >= 4 is 23.5 Å². The number of carbonyl (C=O) groups excluding carboxylic acids is 3. The monoisotopic (exact) mass is 566 g/mol. The molecule has 41 heavy (non-hydrogen) atoms. The van der Waals surface area contributed by atoms with Crippen molar-refractivity contribution in [1.29, 1.82) is 0 Å². The van der Waals surface area contributed by atoms with Gasteiger partial charge in [-0.15, -0.1) is 13.2 Å². The molecule has 0 saturated carbocycles. The van der Waals surface area contributed by atoms with Gasteiger partial charge in [0.25, 0.3) is 5.91 Å². The van der Waals surface area contributed by atoms with Crippen LogP contribution in [0.2, 0.25) is 0 Å². The Morgan fingerprint density at radius 1 is 1.24 bits per heavy atom. The molecule has 2 bridgehead atoms. The predicted octanol–water partition coefficient (Wildman–Crippen LogP) is 4.50. The number of fused-ring (bicyclic) bond motifs is 1. The summed E-state index contributed by atoms with van der Waals surface area (Å²) in [6.45, 7) is 17.5. The summed E-state index contributed by atoms with van der Waals surface area (Å²) in [6.07, 6.45) is 6.49. The number of aliphatic hydroxyl groups is 1. The molecule has 3 saturated heterocycles. The van der Waals surface area contributed by atoms with E-state index in [1.165, 1.54) is 0 Å². The van der Waals surface area contributed by atoms with Crippen LogP contribution in [-0.4, -0.2) is 70.8 Å². The number of allylic oxidation sites excluding steroid dienone is 1. The number of aliphatic hydroxyl groups excluding tert-OH is 1. The van der Waals surface area contributed by atoms with E-state index in [0.717, 1.165) is 16.8 Å². The maximum atomic E-state index is 14.9. The number of unbranched alkanes of at least 4 members (excludes halogenated alkanes) is 1. The van der Waals surface area contributed by atoms with Gasteiger partial charge in [-0.3, -0.25) is 14.4 Å². The Hall–Kier alpha value is -2.97. The molecule has 0 aliphatic carbocycles. The lowest BCUT2D eigenvalue weighted by atomic mass is 9.66. The van der Waals surface area contributed by atoms with Crippen molar-refractivity contribution in [1.82, 2.24) is 4.90 Å². The van der Waals surface area contributed by atoms with Gasteiger partial charge in [0.2, 0.25) is 5.91 Å². The first kappa shape index (κ1) is 31.0. The minimum absolute atomic E-state index is 0.0837. The zero-order valence-electron chi connectivity index (χ0n) is 25.2. The average Bonchev–Trinajstić information content (AvgIpc) is 3.51. The van der Waals surface area contributed by atoms with Crippen LogP contribution in [0.25, 0.3) is 0 Å². The number of ether oxygens (including phenoxy) is 2. The van der Waals surface area contributed by atoms with Crippen LogP contribution in [0.5, 0.6) is 0 Å². The maximum Gasteiger partial charge on any atom is 0.312 e. The molecule has 0 radical (unpaired) electrons. The summed E-state index contributed by atoms with van der Waals surface area (Å²) >= 11 is 0. The van der Waals surface area contributed by atoms with Crippen molar-refractivity contribution in [3.8, 4) is 0 Å². The average molecular weight is 567 g/mol. The molecule has 3 aliphatic heterocycles. The van der Waals surface area contributed by atoms with Crippen molar-refractivity contribution in [3.05, 3.63) is 54.6 Å². The van der Waals surface area contributed by atoms with E-state index in [4.69, 9.17) is 9.47 Å².